The predicted octanol–water partition coefficient (Wildman–Crippen LogP) is 5.19. The number of aromatic nitrogens is 3. The Labute approximate surface area is 258 Å². The van der Waals surface area contributed by atoms with Gasteiger partial charge < -0.3 is 9.47 Å². The smallest absolute Gasteiger partial charge is 0.338 e. The van der Waals surface area contributed by atoms with Gasteiger partial charge in [0.25, 0.3) is 5.56 Å². The summed E-state index contributed by atoms with van der Waals surface area (Å²) in [5.41, 5.74) is 8.25. The molecule has 3 heterocycles. The zero-order valence-electron chi connectivity index (χ0n) is 25.4. The largest absolute Gasteiger partial charge is 0.497 e. The first-order valence-electron chi connectivity index (χ1n) is 14.2. The van der Waals surface area contributed by atoms with E-state index in [1.54, 1.807) is 18.6 Å². The molecule has 0 fully saturated rings. The summed E-state index contributed by atoms with van der Waals surface area (Å²) < 4.78 is 14.4. The molecule has 1 aliphatic heterocycles. The van der Waals surface area contributed by atoms with Crippen molar-refractivity contribution in [1.29, 1.82) is 0 Å². The van der Waals surface area contributed by atoms with Crippen molar-refractivity contribution in [2.75, 3.05) is 14.2 Å². The quantitative estimate of drug-likeness (QED) is 0.249. The molecular weight excluding hydrogens is 572 g/mol. The first-order chi connectivity index (χ1) is 21.2. The lowest BCUT2D eigenvalue weighted by Crippen LogP contribution is -2.39. The Hall–Kier alpha value is -5.02. The van der Waals surface area contributed by atoms with Crippen LogP contribution < -0.4 is 19.6 Å². The number of thiazole rings is 1. The molecular formula is C35H32N4O4S. The lowest BCUT2D eigenvalue weighted by Gasteiger charge is -2.24. The van der Waals surface area contributed by atoms with Crippen LogP contribution in [0.2, 0.25) is 0 Å². The molecule has 0 saturated carbocycles. The van der Waals surface area contributed by atoms with Gasteiger partial charge in [-0.2, -0.15) is 5.10 Å². The van der Waals surface area contributed by atoms with E-state index in [4.69, 9.17) is 19.6 Å². The van der Waals surface area contributed by atoms with Crippen LogP contribution in [0.25, 0.3) is 23.0 Å². The number of carbonyl (C=O) groups excluding carboxylic acids is 1. The Balaban J connectivity index is 1.59. The third-order valence-electron chi connectivity index (χ3n) is 7.82. The first-order valence-corrected chi connectivity index (χ1v) is 15.0. The van der Waals surface area contributed by atoms with Crippen LogP contribution in [0.3, 0.4) is 0 Å². The van der Waals surface area contributed by atoms with Crippen molar-refractivity contribution >= 4 is 23.4 Å². The summed E-state index contributed by atoms with van der Waals surface area (Å²) in [4.78, 5) is 32.5. The predicted molar refractivity (Wildman–Crippen MR) is 172 cm³/mol. The number of allylic oxidation sites excluding steroid dienone is 1. The van der Waals surface area contributed by atoms with E-state index in [1.807, 2.05) is 71.6 Å². The van der Waals surface area contributed by atoms with E-state index in [0.29, 0.717) is 26.4 Å². The molecule has 0 spiro atoms. The van der Waals surface area contributed by atoms with Gasteiger partial charge in [-0.3, -0.25) is 9.36 Å². The second kappa shape index (κ2) is 11.6. The van der Waals surface area contributed by atoms with Crippen LogP contribution in [0, 0.1) is 20.8 Å². The lowest BCUT2D eigenvalue weighted by atomic mass is 9.95. The molecule has 0 bridgehead atoms. The number of nitrogens with zero attached hydrogens (tertiary/aromatic N) is 4. The number of esters is 1. The fourth-order valence-electron chi connectivity index (χ4n) is 5.89. The third-order valence-corrected chi connectivity index (χ3v) is 8.81. The minimum Gasteiger partial charge on any atom is -0.497 e. The molecule has 222 valence electrons. The zero-order valence-corrected chi connectivity index (χ0v) is 26.2. The molecule has 0 saturated heterocycles. The highest BCUT2D eigenvalue weighted by atomic mass is 32.1. The lowest BCUT2D eigenvalue weighted by molar-refractivity contribution is -0.136. The summed E-state index contributed by atoms with van der Waals surface area (Å²) in [6.45, 7) is 8.02. The highest BCUT2D eigenvalue weighted by Crippen LogP contribution is 2.33. The number of hydrogen-bond acceptors (Lipinski definition) is 7. The SMILES string of the molecule is COC(=O)C1=C(C)N=c2s/c(=C\c3cn(-c4ccccc4)nc3-c3c(C)cc(C)cc3C)c(=O)n2C1c1ccc(OC)cc1. The third kappa shape index (κ3) is 5.09. The van der Waals surface area contributed by atoms with Crippen LogP contribution in [0.4, 0.5) is 0 Å². The van der Waals surface area contributed by atoms with E-state index in [-0.39, 0.29) is 5.56 Å². The minimum atomic E-state index is -0.708. The number of ether oxygens (including phenoxy) is 2. The van der Waals surface area contributed by atoms with E-state index in [1.165, 1.54) is 24.0 Å². The second-order valence-electron chi connectivity index (χ2n) is 10.8. The molecule has 1 atom stereocenters. The number of fused-ring (bicyclic) bond motifs is 1. The van der Waals surface area contributed by atoms with Crippen molar-refractivity contribution in [1.82, 2.24) is 14.3 Å². The summed E-state index contributed by atoms with van der Waals surface area (Å²) in [6.07, 6.45) is 3.83. The monoisotopic (exact) mass is 604 g/mol. The van der Waals surface area contributed by atoms with Gasteiger partial charge in [0.2, 0.25) is 0 Å². The van der Waals surface area contributed by atoms with Gasteiger partial charge in [0.15, 0.2) is 4.80 Å². The van der Waals surface area contributed by atoms with Crippen molar-refractivity contribution in [3.63, 3.8) is 0 Å². The Morgan fingerprint density at radius 1 is 0.955 bits per heavy atom. The fraction of sp³-hybridized carbons (Fsp3) is 0.200. The van der Waals surface area contributed by atoms with Crippen LogP contribution in [0.1, 0.15) is 40.8 Å². The normalized spacial score (nSPS) is 14.8. The molecule has 2 aromatic heterocycles. The molecule has 44 heavy (non-hydrogen) atoms. The molecule has 0 radical (unpaired) electrons. The number of carbonyl (C=O) groups is 1. The summed E-state index contributed by atoms with van der Waals surface area (Å²) in [5, 5.41) is 5.02. The Bertz CT molecular complexity index is 2100. The molecule has 1 unspecified atom stereocenters. The summed E-state index contributed by atoms with van der Waals surface area (Å²) >= 11 is 1.29. The number of para-hydroxylation sites is 1. The topological polar surface area (TPSA) is 87.7 Å². The highest BCUT2D eigenvalue weighted by Gasteiger charge is 2.33. The van der Waals surface area contributed by atoms with E-state index in [2.05, 4.69) is 32.9 Å². The van der Waals surface area contributed by atoms with Crippen LogP contribution in [-0.2, 0) is 9.53 Å². The first kappa shape index (κ1) is 29.1. The van der Waals surface area contributed by atoms with E-state index >= 15 is 0 Å². The molecule has 1 aliphatic rings. The van der Waals surface area contributed by atoms with Gasteiger partial charge >= 0.3 is 5.97 Å². The standard InChI is InChI=1S/C35H32N4O4S/c1-20-16-21(2)29(22(3)17-20)31-25(19-38(37-31)26-10-8-7-9-11-26)18-28-33(40)39-32(24-12-14-27(42-5)15-13-24)30(34(41)43-6)23(4)36-35(39)44-28/h7-19,32H,1-6H3/b28-18-. The average molecular weight is 605 g/mol. The molecule has 0 aliphatic carbocycles. The average Bonchev–Trinajstić information content (AvgIpc) is 3.56. The molecule has 5 aromatic rings. The summed E-state index contributed by atoms with van der Waals surface area (Å²) in [7, 11) is 2.93. The van der Waals surface area contributed by atoms with Crippen molar-refractivity contribution in [2.24, 2.45) is 4.99 Å². The Morgan fingerprint density at radius 3 is 2.27 bits per heavy atom. The molecule has 0 N–H and O–H groups in total. The number of aryl methyl sites for hydroxylation is 3. The number of benzene rings is 3. The van der Waals surface area contributed by atoms with Crippen molar-refractivity contribution in [2.45, 2.75) is 33.7 Å². The summed E-state index contributed by atoms with van der Waals surface area (Å²) in [6, 6.07) is 20.8. The second-order valence-corrected chi connectivity index (χ2v) is 11.8. The van der Waals surface area contributed by atoms with Gasteiger partial charge in [-0.05, 0) is 74.7 Å². The molecule has 3 aromatic carbocycles. The van der Waals surface area contributed by atoms with Gasteiger partial charge in [0.1, 0.15) is 11.4 Å². The molecule has 9 heteroatoms. The maximum absolute atomic E-state index is 14.2. The van der Waals surface area contributed by atoms with Crippen LogP contribution >= 0.6 is 11.3 Å². The van der Waals surface area contributed by atoms with Crippen LogP contribution in [-0.4, -0.2) is 34.5 Å². The number of methoxy groups -OCH3 is 2. The Kier molecular flexibility index (Phi) is 7.65. The van der Waals surface area contributed by atoms with Crippen molar-refractivity contribution < 1.29 is 14.3 Å². The Morgan fingerprint density at radius 2 is 1.64 bits per heavy atom. The van der Waals surface area contributed by atoms with Crippen LogP contribution in [0.5, 0.6) is 5.75 Å². The molecule has 6 rings (SSSR count). The minimum absolute atomic E-state index is 0.251. The van der Waals surface area contributed by atoms with Gasteiger partial charge in [-0.25, -0.2) is 14.5 Å². The number of rotatable bonds is 6. The van der Waals surface area contributed by atoms with Crippen LogP contribution in [0.15, 0.2) is 94.0 Å². The van der Waals surface area contributed by atoms with Gasteiger partial charge in [-0.15, -0.1) is 0 Å². The van der Waals surface area contributed by atoms with Gasteiger partial charge in [-0.1, -0.05) is 59.4 Å². The fourth-order valence-corrected chi connectivity index (χ4v) is 6.93. The van der Waals surface area contributed by atoms with Gasteiger partial charge in [0, 0.05) is 17.3 Å². The molecule has 0 amide bonds. The summed E-state index contributed by atoms with van der Waals surface area (Å²) in [5.74, 6) is 0.143. The molecule has 8 nitrogen and oxygen atoms in total. The van der Waals surface area contributed by atoms with Crippen molar-refractivity contribution in [3.8, 4) is 22.7 Å². The maximum Gasteiger partial charge on any atom is 0.338 e. The number of hydrogen-bond donors (Lipinski definition) is 0. The van der Waals surface area contributed by atoms with E-state index in [9.17, 15) is 9.59 Å². The highest BCUT2D eigenvalue weighted by molar-refractivity contribution is 7.07. The van der Waals surface area contributed by atoms with Gasteiger partial charge in [0.05, 0.1) is 41.8 Å². The van der Waals surface area contributed by atoms with E-state index < -0.39 is 12.0 Å². The maximum atomic E-state index is 14.2. The van der Waals surface area contributed by atoms with E-state index in [0.717, 1.165) is 39.2 Å². The zero-order chi connectivity index (χ0) is 31.1. The van der Waals surface area contributed by atoms with Crippen molar-refractivity contribution in [3.05, 3.63) is 132 Å².